The summed E-state index contributed by atoms with van der Waals surface area (Å²) in [4.78, 5) is 17.3. The Morgan fingerprint density at radius 3 is 2.70 bits per heavy atom. The van der Waals surface area contributed by atoms with Crippen molar-refractivity contribution in [1.82, 2.24) is 4.98 Å². The van der Waals surface area contributed by atoms with E-state index in [9.17, 15) is 9.18 Å². The second-order valence-corrected chi connectivity index (χ2v) is 5.15. The molecule has 1 fully saturated rings. The molecule has 2 bridgehead atoms. The van der Waals surface area contributed by atoms with Gasteiger partial charge in [0.2, 0.25) is 6.29 Å². The van der Waals surface area contributed by atoms with Gasteiger partial charge in [-0.25, -0.2) is 14.2 Å². The molecule has 2 N–H and O–H groups in total. The lowest BCUT2D eigenvalue weighted by atomic mass is 9.69. The van der Waals surface area contributed by atoms with E-state index in [2.05, 4.69) is 4.98 Å². The minimum atomic E-state index is -1.40. The van der Waals surface area contributed by atoms with E-state index in [0.29, 0.717) is 11.3 Å². The van der Waals surface area contributed by atoms with Gasteiger partial charge in [0, 0.05) is 38.7 Å². The summed E-state index contributed by atoms with van der Waals surface area (Å²) in [6, 6.07) is 2.45. The Bertz CT molecular complexity index is 556. The van der Waals surface area contributed by atoms with Crippen LogP contribution in [0.2, 0.25) is 0 Å². The predicted octanol–water partition coefficient (Wildman–Crippen LogP) is 1.60. The standard InChI is InChI=1S/C13H16FN3O3/c1-19-11(20-2)9-4-3-8-10(16-9)17(12(15)18)7-5-13(8,14)6-7/h3-4,7,11H,5-6H2,1-2H3,(H2,15,18). The van der Waals surface area contributed by atoms with Crippen molar-refractivity contribution in [2.75, 3.05) is 19.1 Å². The van der Waals surface area contributed by atoms with E-state index >= 15 is 0 Å². The van der Waals surface area contributed by atoms with Crippen LogP contribution < -0.4 is 10.6 Å². The number of amides is 2. The average Bonchev–Trinajstić information content (AvgIpc) is 2.38. The van der Waals surface area contributed by atoms with Crippen LogP contribution in [0.15, 0.2) is 12.1 Å². The van der Waals surface area contributed by atoms with Gasteiger partial charge in [-0.2, -0.15) is 0 Å². The van der Waals surface area contributed by atoms with E-state index in [1.807, 2.05) is 0 Å². The van der Waals surface area contributed by atoms with Crippen molar-refractivity contribution in [3.63, 3.8) is 0 Å². The number of carbonyl (C=O) groups is 1. The molecule has 1 aliphatic carbocycles. The maximum absolute atomic E-state index is 14.6. The zero-order valence-electron chi connectivity index (χ0n) is 11.3. The highest BCUT2D eigenvalue weighted by Gasteiger charge is 2.56. The second-order valence-electron chi connectivity index (χ2n) is 5.15. The topological polar surface area (TPSA) is 77.7 Å². The first-order valence-corrected chi connectivity index (χ1v) is 6.35. The fourth-order valence-electron chi connectivity index (χ4n) is 3.01. The molecule has 2 amide bonds. The highest BCUT2D eigenvalue weighted by atomic mass is 19.1. The van der Waals surface area contributed by atoms with Gasteiger partial charge >= 0.3 is 6.03 Å². The summed E-state index contributed by atoms with van der Waals surface area (Å²) < 4.78 is 24.8. The molecule has 2 aliphatic heterocycles. The van der Waals surface area contributed by atoms with Crippen molar-refractivity contribution >= 4 is 11.8 Å². The summed E-state index contributed by atoms with van der Waals surface area (Å²) in [5.41, 5.74) is 4.89. The molecule has 1 aromatic heterocycles. The minimum Gasteiger partial charge on any atom is -0.351 e. The van der Waals surface area contributed by atoms with Crippen LogP contribution in [-0.4, -0.2) is 31.3 Å². The fourth-order valence-corrected chi connectivity index (χ4v) is 3.01. The zero-order valence-corrected chi connectivity index (χ0v) is 11.3. The van der Waals surface area contributed by atoms with Crippen molar-refractivity contribution in [2.24, 2.45) is 5.73 Å². The Morgan fingerprint density at radius 1 is 1.50 bits per heavy atom. The van der Waals surface area contributed by atoms with Crippen LogP contribution in [0.25, 0.3) is 0 Å². The van der Waals surface area contributed by atoms with Crippen LogP contribution in [0, 0.1) is 0 Å². The molecule has 6 nitrogen and oxygen atoms in total. The summed E-state index contributed by atoms with van der Waals surface area (Å²) in [5.74, 6) is 0.277. The van der Waals surface area contributed by atoms with Crippen LogP contribution in [0.1, 0.15) is 30.4 Å². The Hall–Kier alpha value is -1.73. The van der Waals surface area contributed by atoms with Crippen LogP contribution in [-0.2, 0) is 15.1 Å². The van der Waals surface area contributed by atoms with Crippen molar-refractivity contribution in [1.29, 1.82) is 0 Å². The highest BCUT2D eigenvalue weighted by Crippen LogP contribution is 2.55. The number of ether oxygens (including phenoxy) is 2. The Morgan fingerprint density at radius 2 is 2.15 bits per heavy atom. The molecule has 0 atom stereocenters. The smallest absolute Gasteiger partial charge is 0.320 e. The van der Waals surface area contributed by atoms with Crippen molar-refractivity contribution in [2.45, 2.75) is 30.8 Å². The number of carbonyl (C=O) groups excluding carboxylic acids is 1. The first-order chi connectivity index (χ1) is 9.50. The molecule has 0 unspecified atom stereocenters. The van der Waals surface area contributed by atoms with Gasteiger partial charge in [-0.1, -0.05) is 6.07 Å². The highest BCUT2D eigenvalue weighted by molar-refractivity contribution is 5.93. The number of primary amides is 1. The Kier molecular flexibility index (Phi) is 2.91. The van der Waals surface area contributed by atoms with E-state index < -0.39 is 18.0 Å². The normalized spacial score (nSPS) is 27.2. The monoisotopic (exact) mass is 281 g/mol. The average molecular weight is 281 g/mol. The summed E-state index contributed by atoms with van der Waals surface area (Å²) in [7, 11) is 2.96. The Balaban J connectivity index is 2.08. The number of rotatable bonds is 3. The Labute approximate surface area is 115 Å². The lowest BCUT2D eigenvalue weighted by Gasteiger charge is -2.52. The number of hydrogen-bond donors (Lipinski definition) is 1. The molecule has 3 heterocycles. The van der Waals surface area contributed by atoms with Crippen LogP contribution in [0.3, 0.4) is 0 Å². The van der Waals surface area contributed by atoms with E-state index in [1.165, 1.54) is 19.1 Å². The maximum Gasteiger partial charge on any atom is 0.320 e. The number of pyridine rings is 1. The molecular formula is C13H16FN3O3. The SMILES string of the molecule is COC(OC)c1ccc2c(n1)N(C(N)=O)C1CC2(F)C1. The summed E-state index contributed by atoms with van der Waals surface area (Å²) in [5, 5.41) is 0. The summed E-state index contributed by atoms with van der Waals surface area (Å²) >= 11 is 0. The number of hydrogen-bond acceptors (Lipinski definition) is 4. The quantitative estimate of drug-likeness (QED) is 0.854. The number of alkyl halides is 1. The largest absolute Gasteiger partial charge is 0.351 e. The van der Waals surface area contributed by atoms with E-state index in [4.69, 9.17) is 15.2 Å². The third-order valence-corrected chi connectivity index (χ3v) is 4.00. The van der Waals surface area contributed by atoms with Gasteiger partial charge in [0.15, 0.2) is 0 Å². The van der Waals surface area contributed by atoms with Gasteiger partial charge in [-0.05, 0) is 6.07 Å². The third kappa shape index (κ3) is 1.70. The lowest BCUT2D eigenvalue weighted by molar-refractivity contribution is -0.108. The molecule has 7 heteroatoms. The number of methoxy groups -OCH3 is 2. The molecule has 3 aliphatic rings. The predicted molar refractivity (Wildman–Crippen MR) is 68.9 cm³/mol. The van der Waals surface area contributed by atoms with Crippen molar-refractivity contribution < 1.29 is 18.7 Å². The lowest BCUT2D eigenvalue weighted by Crippen LogP contribution is -2.60. The van der Waals surface area contributed by atoms with Crippen molar-refractivity contribution in [3.05, 3.63) is 23.4 Å². The first-order valence-electron chi connectivity index (χ1n) is 6.35. The van der Waals surface area contributed by atoms with E-state index in [1.54, 1.807) is 12.1 Å². The van der Waals surface area contributed by atoms with Crippen LogP contribution in [0.4, 0.5) is 15.0 Å². The fraction of sp³-hybridized carbons (Fsp3) is 0.538. The minimum absolute atomic E-state index is 0.212. The summed E-state index contributed by atoms with van der Waals surface area (Å²) in [6.07, 6.45) is -0.104. The molecule has 0 aromatic carbocycles. The number of halogens is 1. The molecule has 0 spiro atoms. The number of nitrogens with zero attached hydrogens (tertiary/aromatic N) is 2. The van der Waals surface area contributed by atoms with Gasteiger partial charge in [-0.15, -0.1) is 0 Å². The van der Waals surface area contributed by atoms with E-state index in [-0.39, 0.29) is 24.7 Å². The van der Waals surface area contributed by atoms with Gasteiger partial charge < -0.3 is 15.2 Å². The second kappa shape index (κ2) is 4.39. The molecule has 4 rings (SSSR count). The molecule has 0 radical (unpaired) electrons. The first kappa shape index (κ1) is 13.3. The third-order valence-electron chi connectivity index (χ3n) is 4.00. The molecule has 1 saturated carbocycles. The molecular weight excluding hydrogens is 265 g/mol. The van der Waals surface area contributed by atoms with Crippen molar-refractivity contribution in [3.8, 4) is 0 Å². The number of aromatic nitrogens is 1. The molecule has 20 heavy (non-hydrogen) atoms. The van der Waals surface area contributed by atoms with E-state index in [0.717, 1.165) is 0 Å². The van der Waals surface area contributed by atoms with Gasteiger partial charge in [0.05, 0.1) is 5.69 Å². The van der Waals surface area contributed by atoms with Crippen LogP contribution >= 0.6 is 0 Å². The molecule has 108 valence electrons. The van der Waals surface area contributed by atoms with Gasteiger partial charge in [0.1, 0.15) is 11.5 Å². The molecule has 1 aromatic rings. The van der Waals surface area contributed by atoms with Crippen LogP contribution in [0.5, 0.6) is 0 Å². The number of urea groups is 1. The summed E-state index contributed by atoms with van der Waals surface area (Å²) in [6.45, 7) is 0. The molecule has 0 saturated heterocycles. The maximum atomic E-state index is 14.6. The van der Waals surface area contributed by atoms with Gasteiger partial charge in [-0.3, -0.25) is 4.90 Å². The number of nitrogens with two attached hydrogens (primary N) is 1. The van der Waals surface area contributed by atoms with Gasteiger partial charge in [0.25, 0.3) is 0 Å². The zero-order chi connectivity index (χ0) is 14.5. The number of anilines is 1.